The normalized spacial score (nSPS) is 11.8. The summed E-state index contributed by atoms with van der Waals surface area (Å²) in [5.41, 5.74) is 3.12. The number of nitrogens with one attached hydrogen (secondary N) is 3. The zero-order valence-corrected chi connectivity index (χ0v) is 22.8. The first kappa shape index (κ1) is 27.8. The number of carbonyl (C=O) groups excluding carboxylic acids is 2. The van der Waals surface area contributed by atoms with Gasteiger partial charge < -0.3 is 15.4 Å². The average molecular weight is 510 g/mol. The van der Waals surface area contributed by atoms with E-state index in [1.165, 1.54) is 6.07 Å². The van der Waals surface area contributed by atoms with Crippen LogP contribution in [0.5, 0.6) is 0 Å². The Morgan fingerprint density at radius 3 is 2.32 bits per heavy atom. The van der Waals surface area contributed by atoms with Crippen molar-refractivity contribution in [1.82, 2.24) is 15.3 Å². The summed E-state index contributed by atoms with van der Waals surface area (Å²) >= 11 is 0. The number of benzene rings is 1. The van der Waals surface area contributed by atoms with Gasteiger partial charge in [0.2, 0.25) is 0 Å². The van der Waals surface area contributed by atoms with Gasteiger partial charge >= 0.3 is 12.1 Å². The van der Waals surface area contributed by atoms with Crippen molar-refractivity contribution in [3.63, 3.8) is 0 Å². The molecule has 0 bridgehead atoms. The van der Waals surface area contributed by atoms with Crippen LogP contribution in [0.4, 0.5) is 25.5 Å². The second kappa shape index (κ2) is 10.7. The average Bonchev–Trinajstić information content (AvgIpc) is 2.73. The van der Waals surface area contributed by atoms with Crippen LogP contribution < -0.4 is 16.0 Å². The number of aromatic nitrogens is 2. The summed E-state index contributed by atoms with van der Waals surface area (Å²) in [6, 6.07) is 6.14. The Kier molecular flexibility index (Phi) is 8.05. The summed E-state index contributed by atoms with van der Waals surface area (Å²) in [7, 11) is 0. The van der Waals surface area contributed by atoms with Crippen LogP contribution in [0, 0.1) is 25.1 Å². The smallest absolute Gasteiger partial charge is 0.413 e. The Morgan fingerprint density at radius 2 is 1.68 bits per heavy atom. The van der Waals surface area contributed by atoms with Crippen molar-refractivity contribution in [1.29, 1.82) is 0 Å². The van der Waals surface area contributed by atoms with Crippen LogP contribution in [0.3, 0.4) is 0 Å². The number of rotatable bonds is 5. The van der Waals surface area contributed by atoms with Gasteiger partial charge in [0.1, 0.15) is 17.2 Å². The highest BCUT2D eigenvalue weighted by Crippen LogP contribution is 2.33. The van der Waals surface area contributed by atoms with Gasteiger partial charge in [0.25, 0.3) is 0 Å². The molecule has 0 aliphatic carbocycles. The highest BCUT2D eigenvalue weighted by atomic mass is 19.1. The van der Waals surface area contributed by atoms with Crippen molar-refractivity contribution >= 4 is 34.5 Å². The summed E-state index contributed by atoms with van der Waals surface area (Å²) in [6.45, 7) is 15.8. The van der Waals surface area contributed by atoms with Crippen LogP contribution in [-0.4, -0.2) is 34.2 Å². The van der Waals surface area contributed by atoms with Crippen LogP contribution >= 0.6 is 0 Å². The number of carbonyl (C=O) groups is 2. The van der Waals surface area contributed by atoms with Gasteiger partial charge in [-0.2, -0.15) is 0 Å². The predicted octanol–water partition coefficient (Wildman–Crippen LogP) is 6.96. The van der Waals surface area contributed by atoms with Crippen LogP contribution in [0.25, 0.3) is 22.0 Å². The van der Waals surface area contributed by atoms with E-state index < -0.39 is 23.5 Å². The third-order valence-corrected chi connectivity index (χ3v) is 5.53. The fraction of sp³-hybridized carbons (Fsp3) is 0.429. The monoisotopic (exact) mass is 509 g/mol. The van der Waals surface area contributed by atoms with E-state index in [9.17, 15) is 14.0 Å². The molecule has 0 spiro atoms. The van der Waals surface area contributed by atoms with Gasteiger partial charge in [-0.3, -0.25) is 10.3 Å². The maximum Gasteiger partial charge on any atom is 0.413 e. The van der Waals surface area contributed by atoms with Gasteiger partial charge in [-0.05, 0) is 75.8 Å². The highest BCUT2D eigenvalue weighted by Gasteiger charge is 2.18. The first-order valence-corrected chi connectivity index (χ1v) is 12.2. The SMILES string of the molecule is Cc1cc(F)c(NC(=O)NCCC(C)(C)C)cc1-c1cc2cnc(NC(=O)OC(C)(C)C)cc2nc1C. The number of hydrogen-bond donors (Lipinski definition) is 3. The van der Waals surface area contributed by atoms with Crippen LogP contribution in [-0.2, 0) is 4.74 Å². The number of nitrogens with zero attached hydrogens (tertiary/aromatic N) is 2. The van der Waals surface area contributed by atoms with Crippen molar-refractivity contribution < 1.29 is 18.7 Å². The van der Waals surface area contributed by atoms with Gasteiger partial charge in [-0.15, -0.1) is 0 Å². The lowest BCUT2D eigenvalue weighted by Gasteiger charge is -2.19. The molecule has 0 saturated carbocycles. The lowest BCUT2D eigenvalue weighted by atomic mass is 9.92. The minimum Gasteiger partial charge on any atom is -0.444 e. The third kappa shape index (κ3) is 7.87. The Labute approximate surface area is 217 Å². The molecular formula is C28H36FN5O3. The number of pyridine rings is 2. The molecule has 0 unspecified atom stereocenters. The molecule has 8 nitrogen and oxygen atoms in total. The minimum absolute atomic E-state index is 0.0809. The lowest BCUT2D eigenvalue weighted by molar-refractivity contribution is 0.0635. The largest absolute Gasteiger partial charge is 0.444 e. The molecule has 198 valence electrons. The number of halogens is 1. The van der Waals surface area contributed by atoms with E-state index in [1.54, 1.807) is 46.0 Å². The standard InChI is InChI=1S/C28H36FN5O3/c1-16-11-21(29)23(33-25(35)30-10-9-27(3,4)5)13-19(16)20-12-18-15-31-24(14-22(18)32-17(20)2)34-26(36)37-28(6,7)8/h11-15H,9-10H2,1-8H3,(H2,30,33,35)(H,31,34,36). The summed E-state index contributed by atoms with van der Waals surface area (Å²) in [4.78, 5) is 33.4. The van der Waals surface area contributed by atoms with Crippen molar-refractivity contribution in [3.05, 3.63) is 47.5 Å². The number of aryl methyl sites for hydroxylation is 2. The zero-order valence-electron chi connectivity index (χ0n) is 22.8. The molecule has 3 aromatic rings. The summed E-state index contributed by atoms with van der Waals surface area (Å²) in [5, 5.41) is 8.77. The lowest BCUT2D eigenvalue weighted by Crippen LogP contribution is -2.31. The van der Waals surface area contributed by atoms with E-state index in [0.717, 1.165) is 22.9 Å². The maximum atomic E-state index is 14.7. The topological polar surface area (TPSA) is 105 Å². The number of anilines is 2. The summed E-state index contributed by atoms with van der Waals surface area (Å²) < 4.78 is 20.0. The Morgan fingerprint density at radius 1 is 0.973 bits per heavy atom. The number of urea groups is 1. The second-order valence-corrected chi connectivity index (χ2v) is 11.3. The second-order valence-electron chi connectivity index (χ2n) is 11.3. The van der Waals surface area contributed by atoms with Gasteiger partial charge in [0, 0.05) is 35.5 Å². The molecule has 37 heavy (non-hydrogen) atoms. The molecule has 3 amide bonds. The number of ether oxygens (including phenoxy) is 1. The molecule has 1 aromatic carbocycles. The fourth-order valence-electron chi connectivity index (χ4n) is 3.69. The van der Waals surface area contributed by atoms with Gasteiger partial charge in [-0.1, -0.05) is 20.8 Å². The quantitative estimate of drug-likeness (QED) is 0.345. The van der Waals surface area contributed by atoms with E-state index >= 15 is 0 Å². The van der Waals surface area contributed by atoms with Crippen molar-refractivity contribution in [2.24, 2.45) is 5.41 Å². The molecule has 2 aromatic heterocycles. The van der Waals surface area contributed by atoms with Crippen molar-refractivity contribution in [2.75, 3.05) is 17.2 Å². The molecule has 2 heterocycles. The summed E-state index contributed by atoms with van der Waals surface area (Å²) in [6.07, 6.45) is 1.81. The first-order chi connectivity index (χ1) is 17.1. The van der Waals surface area contributed by atoms with E-state index in [4.69, 9.17) is 4.74 Å². The third-order valence-electron chi connectivity index (χ3n) is 5.53. The Hall–Kier alpha value is -3.75. The minimum atomic E-state index is -0.626. The maximum absolute atomic E-state index is 14.7. The number of fused-ring (bicyclic) bond motifs is 1. The number of hydrogen-bond acceptors (Lipinski definition) is 5. The van der Waals surface area contributed by atoms with Crippen LogP contribution in [0.1, 0.15) is 59.2 Å². The molecule has 0 atom stereocenters. The molecular weight excluding hydrogens is 473 g/mol. The molecule has 0 saturated heterocycles. The summed E-state index contributed by atoms with van der Waals surface area (Å²) in [5.74, 6) is -0.193. The van der Waals surface area contributed by atoms with E-state index in [1.807, 2.05) is 13.0 Å². The molecule has 0 radical (unpaired) electrons. The van der Waals surface area contributed by atoms with Gasteiger partial charge in [0.05, 0.1) is 11.2 Å². The molecule has 0 aliphatic heterocycles. The Balaban J connectivity index is 1.85. The number of amides is 3. The van der Waals surface area contributed by atoms with Crippen molar-refractivity contribution in [3.8, 4) is 11.1 Å². The van der Waals surface area contributed by atoms with E-state index in [0.29, 0.717) is 29.1 Å². The predicted molar refractivity (Wildman–Crippen MR) is 145 cm³/mol. The van der Waals surface area contributed by atoms with Crippen molar-refractivity contribution in [2.45, 2.75) is 67.4 Å². The zero-order chi connectivity index (χ0) is 27.5. The molecule has 9 heteroatoms. The molecule has 3 rings (SSSR count). The molecule has 0 fully saturated rings. The van der Waals surface area contributed by atoms with Crippen LogP contribution in [0.2, 0.25) is 0 Å². The van der Waals surface area contributed by atoms with Crippen LogP contribution in [0.15, 0.2) is 30.5 Å². The van der Waals surface area contributed by atoms with Gasteiger partial charge in [0.15, 0.2) is 0 Å². The van der Waals surface area contributed by atoms with E-state index in [-0.39, 0.29) is 11.1 Å². The highest BCUT2D eigenvalue weighted by molar-refractivity contribution is 5.92. The molecule has 0 aliphatic rings. The fourth-order valence-corrected chi connectivity index (χ4v) is 3.69. The first-order valence-electron chi connectivity index (χ1n) is 12.2. The van der Waals surface area contributed by atoms with E-state index in [2.05, 4.69) is 46.7 Å². The van der Waals surface area contributed by atoms with Gasteiger partial charge in [-0.25, -0.2) is 19.0 Å². The molecule has 3 N–H and O–H groups in total. The Bertz CT molecular complexity index is 1330.